The van der Waals surface area contributed by atoms with Crippen molar-refractivity contribution in [3.8, 4) is 0 Å². The first-order valence-electron chi connectivity index (χ1n) is 9.14. The van der Waals surface area contributed by atoms with E-state index < -0.39 is 44.5 Å². The van der Waals surface area contributed by atoms with Gasteiger partial charge in [-0.3, -0.25) is 13.9 Å². The standard InChI is InChI=1S/C18H19N4O8P/c23-14-11(8-29-31(26,27)28)30-18(15(14)24)22-9-19-13-16(22)20-12(21-17(13)25)7-6-10-4-2-1-3-5-10/h1-7,9,11,14-15,18,23-24H,8H2,(H,20,21,25)(H2,26,27,28)/b7-6+/t11-,14-,15-,18-/m0/s1. The molecule has 3 aromatic rings. The second kappa shape index (κ2) is 8.44. The van der Waals surface area contributed by atoms with E-state index in [0.29, 0.717) is 0 Å². The first-order chi connectivity index (χ1) is 14.7. The maximum absolute atomic E-state index is 12.4. The Morgan fingerprint density at radius 2 is 1.94 bits per heavy atom. The van der Waals surface area contributed by atoms with Crippen LogP contribution >= 0.6 is 7.82 Å². The van der Waals surface area contributed by atoms with Crippen LogP contribution in [0, 0.1) is 0 Å². The zero-order valence-electron chi connectivity index (χ0n) is 15.8. The van der Waals surface area contributed by atoms with Gasteiger partial charge in [-0.2, -0.15) is 0 Å². The summed E-state index contributed by atoms with van der Waals surface area (Å²) in [5.74, 6) is 0.234. The first kappa shape index (κ1) is 21.5. The number of nitrogens with one attached hydrogen (secondary N) is 1. The quantitative estimate of drug-likeness (QED) is 0.321. The van der Waals surface area contributed by atoms with Gasteiger partial charge in [0.2, 0.25) is 0 Å². The summed E-state index contributed by atoms with van der Waals surface area (Å²) >= 11 is 0. The maximum Gasteiger partial charge on any atom is 0.469 e. The molecule has 1 aromatic carbocycles. The Hall–Kier alpha value is -2.70. The summed E-state index contributed by atoms with van der Waals surface area (Å²) in [5, 5.41) is 20.6. The molecule has 3 heterocycles. The summed E-state index contributed by atoms with van der Waals surface area (Å²) in [6.07, 6.45) is -0.809. The Morgan fingerprint density at radius 3 is 2.65 bits per heavy atom. The van der Waals surface area contributed by atoms with E-state index in [4.69, 9.17) is 14.5 Å². The van der Waals surface area contributed by atoms with Crippen LogP contribution in [-0.4, -0.2) is 64.4 Å². The Kier molecular flexibility index (Phi) is 5.86. The largest absolute Gasteiger partial charge is 0.469 e. The number of aromatic nitrogens is 4. The summed E-state index contributed by atoms with van der Waals surface area (Å²) in [6.45, 7) is -0.648. The summed E-state index contributed by atoms with van der Waals surface area (Å²) in [7, 11) is -4.79. The normalized spacial score (nSPS) is 24.4. The van der Waals surface area contributed by atoms with Gasteiger partial charge in [0.1, 0.15) is 24.1 Å². The van der Waals surface area contributed by atoms with Gasteiger partial charge in [-0.05, 0) is 11.6 Å². The minimum Gasteiger partial charge on any atom is -0.387 e. The minimum atomic E-state index is -4.79. The number of hydrogen-bond acceptors (Lipinski definition) is 8. The number of phosphoric ester groups is 1. The van der Waals surface area contributed by atoms with E-state index in [1.165, 1.54) is 10.9 Å². The van der Waals surface area contributed by atoms with Gasteiger partial charge in [0.25, 0.3) is 5.56 Å². The minimum absolute atomic E-state index is 0.00271. The highest BCUT2D eigenvalue weighted by Gasteiger charge is 2.45. The van der Waals surface area contributed by atoms with Crippen molar-refractivity contribution in [1.82, 2.24) is 19.5 Å². The van der Waals surface area contributed by atoms with Crippen LogP contribution in [0.4, 0.5) is 0 Å². The van der Waals surface area contributed by atoms with Crippen LogP contribution in [0.1, 0.15) is 17.6 Å². The van der Waals surface area contributed by atoms with Crippen LogP contribution in [0.25, 0.3) is 23.3 Å². The van der Waals surface area contributed by atoms with Crippen LogP contribution in [-0.2, 0) is 13.8 Å². The molecule has 0 aliphatic carbocycles. The number of hydrogen-bond donors (Lipinski definition) is 5. The first-order valence-corrected chi connectivity index (χ1v) is 10.7. The predicted molar refractivity (Wildman–Crippen MR) is 107 cm³/mol. The van der Waals surface area contributed by atoms with Crippen LogP contribution in [0.2, 0.25) is 0 Å². The third kappa shape index (κ3) is 4.65. The maximum atomic E-state index is 12.4. The van der Waals surface area contributed by atoms with E-state index in [-0.39, 0.29) is 17.0 Å². The zero-order chi connectivity index (χ0) is 22.2. The molecule has 13 heteroatoms. The Morgan fingerprint density at radius 1 is 1.19 bits per heavy atom. The molecule has 12 nitrogen and oxygen atoms in total. The van der Waals surface area contributed by atoms with E-state index in [1.807, 2.05) is 30.3 Å². The number of H-pyrrole nitrogens is 1. The summed E-state index contributed by atoms with van der Waals surface area (Å²) in [5.41, 5.74) is 0.483. The van der Waals surface area contributed by atoms with Gasteiger partial charge in [0, 0.05) is 0 Å². The fraction of sp³-hybridized carbons (Fsp3) is 0.278. The molecule has 1 fully saturated rings. The van der Waals surface area contributed by atoms with Gasteiger partial charge < -0.3 is 29.7 Å². The van der Waals surface area contributed by atoms with Crippen molar-refractivity contribution >= 4 is 31.1 Å². The van der Waals surface area contributed by atoms with Crippen LogP contribution in [0.3, 0.4) is 0 Å². The zero-order valence-corrected chi connectivity index (χ0v) is 16.7. The van der Waals surface area contributed by atoms with Crippen LogP contribution < -0.4 is 5.56 Å². The number of ether oxygens (including phenoxy) is 1. The van der Waals surface area contributed by atoms with E-state index >= 15 is 0 Å². The highest BCUT2D eigenvalue weighted by Crippen LogP contribution is 2.38. The summed E-state index contributed by atoms with van der Waals surface area (Å²) in [4.78, 5) is 41.0. The van der Waals surface area contributed by atoms with E-state index in [1.54, 1.807) is 12.2 Å². The molecule has 0 saturated carbocycles. The number of aliphatic hydroxyl groups excluding tert-OH is 2. The van der Waals surface area contributed by atoms with Gasteiger partial charge in [-0.1, -0.05) is 36.4 Å². The fourth-order valence-corrected chi connectivity index (χ4v) is 3.56. The molecule has 31 heavy (non-hydrogen) atoms. The lowest BCUT2D eigenvalue weighted by molar-refractivity contribution is -0.0504. The van der Waals surface area contributed by atoms with Crippen molar-refractivity contribution in [3.63, 3.8) is 0 Å². The third-order valence-electron chi connectivity index (χ3n) is 4.70. The molecule has 0 radical (unpaired) electrons. The molecule has 0 unspecified atom stereocenters. The number of imidazole rings is 1. The van der Waals surface area contributed by atoms with Crippen molar-refractivity contribution in [2.24, 2.45) is 0 Å². The van der Waals surface area contributed by atoms with Gasteiger partial charge in [-0.15, -0.1) is 0 Å². The number of aliphatic hydroxyl groups is 2. The van der Waals surface area contributed by atoms with Gasteiger partial charge >= 0.3 is 7.82 Å². The van der Waals surface area contributed by atoms with Gasteiger partial charge in [0.15, 0.2) is 17.4 Å². The highest BCUT2D eigenvalue weighted by molar-refractivity contribution is 7.46. The molecule has 164 valence electrons. The lowest BCUT2D eigenvalue weighted by Gasteiger charge is -2.16. The number of nitrogens with zero attached hydrogens (tertiary/aromatic N) is 3. The molecule has 1 aliphatic heterocycles. The molecule has 5 N–H and O–H groups in total. The van der Waals surface area contributed by atoms with Gasteiger partial charge in [-0.25, -0.2) is 14.5 Å². The molecular formula is C18H19N4O8P. The second-order valence-corrected chi connectivity index (χ2v) is 8.09. The topological polar surface area (TPSA) is 180 Å². The Balaban J connectivity index is 1.63. The third-order valence-corrected chi connectivity index (χ3v) is 5.19. The number of fused-ring (bicyclic) bond motifs is 1. The van der Waals surface area contributed by atoms with Crippen LogP contribution in [0.15, 0.2) is 41.5 Å². The molecule has 1 aliphatic rings. The number of rotatable bonds is 6. The lowest BCUT2D eigenvalue weighted by atomic mass is 10.1. The van der Waals surface area contributed by atoms with E-state index in [9.17, 15) is 19.6 Å². The summed E-state index contributed by atoms with van der Waals surface area (Å²) in [6, 6.07) is 9.36. The van der Waals surface area contributed by atoms with Crippen LogP contribution in [0.5, 0.6) is 0 Å². The van der Waals surface area contributed by atoms with Gasteiger partial charge in [0.05, 0.1) is 12.9 Å². The molecule has 1 saturated heterocycles. The van der Waals surface area contributed by atoms with Crippen molar-refractivity contribution in [2.75, 3.05) is 6.61 Å². The Bertz CT molecular complexity index is 1200. The molecular weight excluding hydrogens is 431 g/mol. The number of phosphoric acid groups is 1. The van der Waals surface area contributed by atoms with Crippen molar-refractivity contribution in [1.29, 1.82) is 0 Å². The number of aromatic amines is 1. The SMILES string of the molecule is O=c1[nH]c(/C=C/c2ccccc2)nc2c1ncn2[C@H]1O[C@@H](COP(=O)(O)O)[C@H](O)[C@@H]1O. The average molecular weight is 450 g/mol. The average Bonchev–Trinajstić information content (AvgIpc) is 3.27. The van der Waals surface area contributed by atoms with Crippen molar-refractivity contribution in [3.05, 3.63) is 58.4 Å². The summed E-state index contributed by atoms with van der Waals surface area (Å²) < 4.78 is 22.1. The molecule has 0 amide bonds. The van der Waals surface area contributed by atoms with Crippen molar-refractivity contribution in [2.45, 2.75) is 24.5 Å². The fourth-order valence-electron chi connectivity index (χ4n) is 3.21. The Labute approximate surface area is 174 Å². The lowest BCUT2D eigenvalue weighted by Crippen LogP contribution is -2.33. The number of benzene rings is 1. The predicted octanol–water partition coefficient (Wildman–Crippen LogP) is 0.0185. The second-order valence-electron chi connectivity index (χ2n) is 6.85. The highest BCUT2D eigenvalue weighted by atomic mass is 31.2. The monoisotopic (exact) mass is 450 g/mol. The smallest absolute Gasteiger partial charge is 0.387 e. The van der Waals surface area contributed by atoms with E-state index in [0.717, 1.165) is 5.56 Å². The molecule has 2 aromatic heterocycles. The molecule has 0 bridgehead atoms. The van der Waals surface area contributed by atoms with E-state index in [2.05, 4.69) is 19.5 Å². The molecule has 0 spiro atoms. The molecule has 4 atom stereocenters. The molecule has 4 rings (SSSR count). The van der Waals surface area contributed by atoms with Crippen molar-refractivity contribution < 1.29 is 33.8 Å².